The standard InChI is InChI=1S/C20H24N2O3/c1-3-25-20(24)14(2)22-19(23)13-18(15-8-5-4-6-9-15)16-10-7-11-17(21)12-16/h4-12,14,18H,3,13,21H2,1-2H3,(H,22,23). The Morgan fingerprint density at radius 3 is 2.40 bits per heavy atom. The number of nitrogens with two attached hydrogens (primary N) is 1. The maximum atomic E-state index is 12.5. The minimum Gasteiger partial charge on any atom is -0.464 e. The van der Waals surface area contributed by atoms with Gasteiger partial charge in [0, 0.05) is 18.0 Å². The van der Waals surface area contributed by atoms with Gasteiger partial charge in [0.05, 0.1) is 6.61 Å². The molecule has 2 unspecified atom stereocenters. The summed E-state index contributed by atoms with van der Waals surface area (Å²) in [6.45, 7) is 3.64. The number of hydrogen-bond acceptors (Lipinski definition) is 4. The highest BCUT2D eigenvalue weighted by Gasteiger charge is 2.22. The zero-order valence-electron chi connectivity index (χ0n) is 14.6. The van der Waals surface area contributed by atoms with E-state index >= 15 is 0 Å². The van der Waals surface area contributed by atoms with Crippen LogP contribution in [-0.2, 0) is 14.3 Å². The molecule has 3 N–H and O–H groups in total. The number of nitrogens with one attached hydrogen (secondary N) is 1. The summed E-state index contributed by atoms with van der Waals surface area (Å²) in [4.78, 5) is 24.1. The molecule has 2 aromatic carbocycles. The third-order valence-electron chi connectivity index (χ3n) is 3.92. The predicted molar refractivity (Wildman–Crippen MR) is 98.0 cm³/mol. The van der Waals surface area contributed by atoms with E-state index in [-0.39, 0.29) is 24.9 Å². The van der Waals surface area contributed by atoms with E-state index in [1.54, 1.807) is 13.8 Å². The van der Waals surface area contributed by atoms with Crippen LogP contribution in [0, 0.1) is 0 Å². The van der Waals surface area contributed by atoms with Crippen molar-refractivity contribution in [3.05, 3.63) is 65.7 Å². The Morgan fingerprint density at radius 1 is 1.08 bits per heavy atom. The van der Waals surface area contributed by atoms with Gasteiger partial charge >= 0.3 is 5.97 Å². The lowest BCUT2D eigenvalue weighted by atomic mass is 9.88. The Bertz CT molecular complexity index is 716. The summed E-state index contributed by atoms with van der Waals surface area (Å²) in [6.07, 6.45) is 0.219. The molecule has 2 atom stereocenters. The van der Waals surface area contributed by atoms with Gasteiger partial charge in [-0.3, -0.25) is 4.79 Å². The molecule has 0 saturated heterocycles. The molecule has 0 fully saturated rings. The minimum absolute atomic E-state index is 0.140. The number of amides is 1. The van der Waals surface area contributed by atoms with Crippen LogP contribution in [0.15, 0.2) is 54.6 Å². The summed E-state index contributed by atoms with van der Waals surface area (Å²) in [6, 6.07) is 16.6. The Balaban J connectivity index is 2.17. The molecule has 0 aliphatic carbocycles. The van der Waals surface area contributed by atoms with E-state index in [0.29, 0.717) is 5.69 Å². The molecular weight excluding hydrogens is 316 g/mol. The number of anilines is 1. The SMILES string of the molecule is CCOC(=O)C(C)NC(=O)CC(c1ccccc1)c1cccc(N)c1. The van der Waals surface area contributed by atoms with E-state index < -0.39 is 12.0 Å². The highest BCUT2D eigenvalue weighted by Crippen LogP contribution is 2.29. The summed E-state index contributed by atoms with van der Waals surface area (Å²) >= 11 is 0. The molecule has 0 radical (unpaired) electrons. The largest absolute Gasteiger partial charge is 0.464 e. The first-order valence-corrected chi connectivity index (χ1v) is 8.37. The molecule has 5 nitrogen and oxygen atoms in total. The molecule has 0 aliphatic heterocycles. The molecule has 1 amide bonds. The van der Waals surface area contributed by atoms with Gasteiger partial charge in [-0.15, -0.1) is 0 Å². The van der Waals surface area contributed by atoms with Crippen molar-refractivity contribution in [2.24, 2.45) is 0 Å². The smallest absolute Gasteiger partial charge is 0.328 e. The van der Waals surface area contributed by atoms with E-state index in [0.717, 1.165) is 11.1 Å². The number of carbonyl (C=O) groups is 2. The summed E-state index contributed by atoms with van der Waals surface area (Å²) in [5.74, 6) is -0.785. The maximum absolute atomic E-state index is 12.5. The number of rotatable bonds is 7. The Kier molecular flexibility index (Phi) is 6.57. The van der Waals surface area contributed by atoms with Crippen LogP contribution in [0.3, 0.4) is 0 Å². The number of benzene rings is 2. The highest BCUT2D eigenvalue weighted by molar-refractivity contribution is 5.84. The quantitative estimate of drug-likeness (QED) is 0.600. The summed E-state index contributed by atoms with van der Waals surface area (Å²) < 4.78 is 4.92. The van der Waals surface area contributed by atoms with Crippen LogP contribution in [0.5, 0.6) is 0 Å². The molecular formula is C20H24N2O3. The second-order valence-electron chi connectivity index (χ2n) is 5.88. The van der Waals surface area contributed by atoms with Crippen LogP contribution in [-0.4, -0.2) is 24.5 Å². The fourth-order valence-electron chi connectivity index (χ4n) is 2.70. The third-order valence-corrected chi connectivity index (χ3v) is 3.92. The van der Waals surface area contributed by atoms with E-state index in [9.17, 15) is 9.59 Å². The molecule has 0 bridgehead atoms. The molecule has 0 saturated carbocycles. The Morgan fingerprint density at radius 2 is 1.76 bits per heavy atom. The number of esters is 1. The molecule has 5 heteroatoms. The normalized spacial score (nSPS) is 12.9. The Hall–Kier alpha value is -2.82. The van der Waals surface area contributed by atoms with Gasteiger partial charge in [0.15, 0.2) is 0 Å². The minimum atomic E-state index is -0.676. The topological polar surface area (TPSA) is 81.4 Å². The highest BCUT2D eigenvalue weighted by atomic mass is 16.5. The van der Waals surface area contributed by atoms with Crippen LogP contribution in [0.1, 0.15) is 37.3 Å². The van der Waals surface area contributed by atoms with Crippen molar-refractivity contribution in [2.45, 2.75) is 32.2 Å². The van der Waals surface area contributed by atoms with E-state index in [4.69, 9.17) is 10.5 Å². The molecule has 0 heterocycles. The van der Waals surface area contributed by atoms with Crippen molar-refractivity contribution >= 4 is 17.6 Å². The second-order valence-corrected chi connectivity index (χ2v) is 5.88. The van der Waals surface area contributed by atoms with Gasteiger partial charge in [-0.2, -0.15) is 0 Å². The second kappa shape index (κ2) is 8.87. The molecule has 0 spiro atoms. The third kappa shape index (κ3) is 5.35. The average molecular weight is 340 g/mol. The fourth-order valence-corrected chi connectivity index (χ4v) is 2.70. The molecule has 2 aromatic rings. The van der Waals surface area contributed by atoms with Gasteiger partial charge < -0.3 is 15.8 Å². The average Bonchev–Trinajstić information content (AvgIpc) is 2.60. The lowest BCUT2D eigenvalue weighted by molar-refractivity contribution is -0.146. The lowest BCUT2D eigenvalue weighted by Crippen LogP contribution is -2.40. The number of hydrogen-bond donors (Lipinski definition) is 2. The van der Waals surface area contributed by atoms with Crippen molar-refractivity contribution < 1.29 is 14.3 Å². The number of carbonyl (C=O) groups excluding carboxylic acids is 2. The van der Waals surface area contributed by atoms with Crippen molar-refractivity contribution in [1.82, 2.24) is 5.32 Å². The monoisotopic (exact) mass is 340 g/mol. The molecule has 0 aromatic heterocycles. The van der Waals surface area contributed by atoms with Gasteiger partial charge in [0.2, 0.25) is 5.91 Å². The van der Waals surface area contributed by atoms with E-state index in [2.05, 4.69) is 5.32 Å². The summed E-state index contributed by atoms with van der Waals surface area (Å²) in [7, 11) is 0. The van der Waals surface area contributed by atoms with Gasteiger partial charge in [0.1, 0.15) is 6.04 Å². The molecule has 132 valence electrons. The number of nitrogen functional groups attached to an aromatic ring is 1. The molecule has 2 rings (SSSR count). The fraction of sp³-hybridized carbons (Fsp3) is 0.300. The van der Waals surface area contributed by atoms with Crippen LogP contribution >= 0.6 is 0 Å². The van der Waals surface area contributed by atoms with Crippen LogP contribution in [0.2, 0.25) is 0 Å². The van der Waals surface area contributed by atoms with Crippen molar-refractivity contribution in [3.63, 3.8) is 0 Å². The van der Waals surface area contributed by atoms with Crippen molar-refractivity contribution in [1.29, 1.82) is 0 Å². The van der Waals surface area contributed by atoms with Gasteiger partial charge in [0.25, 0.3) is 0 Å². The van der Waals surface area contributed by atoms with E-state index in [1.165, 1.54) is 0 Å². The summed E-state index contributed by atoms with van der Waals surface area (Å²) in [5, 5.41) is 2.70. The molecule has 25 heavy (non-hydrogen) atoms. The zero-order chi connectivity index (χ0) is 18.2. The zero-order valence-corrected chi connectivity index (χ0v) is 14.6. The number of ether oxygens (including phenoxy) is 1. The van der Waals surface area contributed by atoms with Crippen LogP contribution in [0.25, 0.3) is 0 Å². The van der Waals surface area contributed by atoms with Crippen LogP contribution in [0.4, 0.5) is 5.69 Å². The predicted octanol–water partition coefficient (Wildman–Crippen LogP) is 2.86. The summed E-state index contributed by atoms with van der Waals surface area (Å²) in [5.41, 5.74) is 8.53. The first-order valence-electron chi connectivity index (χ1n) is 8.37. The first kappa shape index (κ1) is 18.5. The van der Waals surface area contributed by atoms with Gasteiger partial charge in [-0.05, 0) is 37.1 Å². The van der Waals surface area contributed by atoms with Gasteiger partial charge in [-0.1, -0.05) is 42.5 Å². The first-order chi connectivity index (χ1) is 12.0. The molecule has 0 aliphatic rings. The van der Waals surface area contributed by atoms with Crippen molar-refractivity contribution in [3.8, 4) is 0 Å². The Labute approximate surface area is 148 Å². The van der Waals surface area contributed by atoms with Crippen molar-refractivity contribution in [2.75, 3.05) is 12.3 Å². The lowest BCUT2D eigenvalue weighted by Gasteiger charge is -2.20. The van der Waals surface area contributed by atoms with Crippen LogP contribution < -0.4 is 11.1 Å². The van der Waals surface area contributed by atoms with E-state index in [1.807, 2.05) is 54.6 Å². The van der Waals surface area contributed by atoms with Gasteiger partial charge in [-0.25, -0.2) is 4.79 Å². The maximum Gasteiger partial charge on any atom is 0.328 e.